The van der Waals surface area contributed by atoms with Gasteiger partial charge in [0.05, 0.1) is 5.56 Å². The van der Waals surface area contributed by atoms with Gasteiger partial charge in [0.1, 0.15) is 11.9 Å². The highest BCUT2D eigenvalue weighted by Gasteiger charge is 2.24. The van der Waals surface area contributed by atoms with Crippen molar-refractivity contribution in [1.29, 1.82) is 5.26 Å². The molecule has 0 N–H and O–H groups in total. The fourth-order valence-corrected chi connectivity index (χ4v) is 2.91. The van der Waals surface area contributed by atoms with Crippen molar-refractivity contribution in [2.45, 2.75) is 30.4 Å². The molecule has 0 spiro atoms. The molecular formula is C15H21N3O2S. The van der Waals surface area contributed by atoms with Gasteiger partial charge in [0.2, 0.25) is 0 Å². The van der Waals surface area contributed by atoms with E-state index in [9.17, 15) is 5.26 Å². The largest absolute Gasteiger partial charge is 0.356 e. The number of hydrogen-bond acceptors (Lipinski definition) is 6. The number of piperidine rings is 1. The van der Waals surface area contributed by atoms with Crippen LogP contribution in [0.25, 0.3) is 0 Å². The minimum absolute atomic E-state index is 0.127. The van der Waals surface area contributed by atoms with Crippen LogP contribution in [0.4, 0.5) is 5.82 Å². The number of rotatable bonds is 5. The summed E-state index contributed by atoms with van der Waals surface area (Å²) in [6.07, 6.45) is 4.58. The van der Waals surface area contributed by atoms with Crippen molar-refractivity contribution in [1.82, 2.24) is 4.98 Å². The molecule has 0 aliphatic carbocycles. The molecule has 1 aromatic rings. The number of methoxy groups -OCH3 is 2. The van der Waals surface area contributed by atoms with E-state index in [1.165, 1.54) is 0 Å². The molecule has 2 rings (SSSR count). The van der Waals surface area contributed by atoms with E-state index in [0.717, 1.165) is 38.2 Å². The van der Waals surface area contributed by atoms with Crippen molar-refractivity contribution in [2.75, 3.05) is 32.2 Å². The number of pyridine rings is 1. The number of nitriles is 1. The van der Waals surface area contributed by atoms with Gasteiger partial charge in [-0.1, -0.05) is 0 Å². The third-order valence-corrected chi connectivity index (χ3v) is 4.18. The number of thiol groups is 1. The second kappa shape index (κ2) is 7.64. The molecule has 6 heteroatoms. The smallest absolute Gasteiger partial charge is 0.157 e. The lowest BCUT2D eigenvalue weighted by atomic mass is 9.93. The molecule has 0 unspecified atom stereocenters. The van der Waals surface area contributed by atoms with Crippen LogP contribution in [0.3, 0.4) is 0 Å². The van der Waals surface area contributed by atoms with E-state index < -0.39 is 0 Å². The Morgan fingerprint density at radius 3 is 2.67 bits per heavy atom. The lowest BCUT2D eigenvalue weighted by Gasteiger charge is -2.34. The van der Waals surface area contributed by atoms with Crippen LogP contribution in [-0.4, -0.2) is 38.6 Å². The molecule has 114 valence electrons. The molecule has 0 radical (unpaired) electrons. The van der Waals surface area contributed by atoms with Crippen molar-refractivity contribution in [3.05, 3.63) is 17.8 Å². The summed E-state index contributed by atoms with van der Waals surface area (Å²) in [7, 11) is 3.34. The molecular weight excluding hydrogens is 286 g/mol. The second-order valence-corrected chi connectivity index (χ2v) is 5.76. The van der Waals surface area contributed by atoms with E-state index in [1.54, 1.807) is 26.5 Å². The van der Waals surface area contributed by atoms with E-state index in [0.29, 0.717) is 16.4 Å². The molecule has 0 amide bonds. The molecule has 1 aromatic heterocycles. The normalized spacial score (nSPS) is 16.2. The van der Waals surface area contributed by atoms with E-state index in [-0.39, 0.29) is 6.29 Å². The van der Waals surface area contributed by atoms with Crippen molar-refractivity contribution in [3.8, 4) is 6.07 Å². The molecule has 0 atom stereocenters. The molecule has 0 saturated carbocycles. The summed E-state index contributed by atoms with van der Waals surface area (Å²) in [6.45, 7) is 1.80. The zero-order valence-corrected chi connectivity index (χ0v) is 13.3. The molecule has 5 nitrogen and oxygen atoms in total. The molecule has 21 heavy (non-hydrogen) atoms. The molecule has 0 aromatic carbocycles. The molecule has 1 aliphatic rings. The van der Waals surface area contributed by atoms with E-state index in [2.05, 4.69) is 28.6 Å². The number of nitrogens with zero attached hydrogens (tertiary/aromatic N) is 3. The molecule has 0 bridgehead atoms. The fraction of sp³-hybridized carbons (Fsp3) is 0.600. The fourth-order valence-electron chi connectivity index (χ4n) is 2.72. The third kappa shape index (κ3) is 4.10. The standard InChI is InChI=1S/C15H21N3O2S/c1-19-14(20-2)7-11-3-5-18(6-4-11)15-12(9-16)8-13(21)10-17-15/h8,10-11,14,21H,3-7H2,1-2H3. The summed E-state index contributed by atoms with van der Waals surface area (Å²) in [5.74, 6) is 1.35. The molecule has 1 aliphatic heterocycles. The van der Waals surface area contributed by atoms with Crippen molar-refractivity contribution in [2.24, 2.45) is 5.92 Å². The van der Waals surface area contributed by atoms with Gasteiger partial charge in [-0.25, -0.2) is 4.98 Å². The Bertz CT molecular complexity index is 506. The highest BCUT2D eigenvalue weighted by molar-refractivity contribution is 7.80. The first-order chi connectivity index (χ1) is 10.2. The summed E-state index contributed by atoms with van der Waals surface area (Å²) >= 11 is 4.23. The predicted molar refractivity (Wildman–Crippen MR) is 83.6 cm³/mol. The SMILES string of the molecule is COC(CC1CCN(c2ncc(S)cc2C#N)CC1)OC. The maximum atomic E-state index is 9.22. The van der Waals surface area contributed by atoms with Crippen molar-refractivity contribution in [3.63, 3.8) is 0 Å². The van der Waals surface area contributed by atoms with Gasteiger partial charge in [0, 0.05) is 44.8 Å². The van der Waals surface area contributed by atoms with Crippen LogP contribution in [0, 0.1) is 17.2 Å². The Balaban J connectivity index is 1.97. The van der Waals surface area contributed by atoms with Crippen LogP contribution in [0.5, 0.6) is 0 Å². The Kier molecular flexibility index (Phi) is 5.85. The van der Waals surface area contributed by atoms with Crippen LogP contribution >= 0.6 is 12.6 Å². The number of anilines is 1. The zero-order chi connectivity index (χ0) is 15.2. The Labute approximate surface area is 131 Å². The van der Waals surface area contributed by atoms with Crippen LogP contribution in [0.2, 0.25) is 0 Å². The summed E-state index contributed by atoms with van der Waals surface area (Å²) in [4.78, 5) is 7.26. The van der Waals surface area contributed by atoms with E-state index >= 15 is 0 Å². The van der Waals surface area contributed by atoms with Crippen LogP contribution in [-0.2, 0) is 9.47 Å². The highest BCUT2D eigenvalue weighted by atomic mass is 32.1. The Morgan fingerprint density at radius 1 is 1.43 bits per heavy atom. The highest BCUT2D eigenvalue weighted by Crippen LogP contribution is 2.28. The first-order valence-electron chi connectivity index (χ1n) is 7.07. The Hall–Kier alpha value is -1.29. The lowest BCUT2D eigenvalue weighted by Crippen LogP contribution is -2.36. The van der Waals surface area contributed by atoms with Crippen LogP contribution in [0.15, 0.2) is 17.2 Å². The number of aromatic nitrogens is 1. The summed E-state index contributed by atoms with van der Waals surface area (Å²) in [6, 6.07) is 3.97. The van der Waals surface area contributed by atoms with Gasteiger partial charge in [0.25, 0.3) is 0 Å². The summed E-state index contributed by atoms with van der Waals surface area (Å²) in [5.41, 5.74) is 0.590. The Morgan fingerprint density at radius 2 is 2.10 bits per heavy atom. The molecule has 1 fully saturated rings. The first-order valence-corrected chi connectivity index (χ1v) is 7.52. The lowest BCUT2D eigenvalue weighted by molar-refractivity contribution is -0.115. The van der Waals surface area contributed by atoms with Gasteiger partial charge in [-0.05, 0) is 24.8 Å². The quantitative estimate of drug-likeness (QED) is 0.669. The van der Waals surface area contributed by atoms with Crippen molar-refractivity contribution < 1.29 is 9.47 Å². The van der Waals surface area contributed by atoms with Gasteiger partial charge in [0.15, 0.2) is 6.29 Å². The topological polar surface area (TPSA) is 58.4 Å². The van der Waals surface area contributed by atoms with Gasteiger partial charge < -0.3 is 14.4 Å². The maximum absolute atomic E-state index is 9.22. The maximum Gasteiger partial charge on any atom is 0.157 e. The third-order valence-electron chi connectivity index (χ3n) is 3.94. The van der Waals surface area contributed by atoms with Gasteiger partial charge >= 0.3 is 0 Å². The minimum Gasteiger partial charge on any atom is -0.356 e. The number of ether oxygens (including phenoxy) is 2. The van der Waals surface area contributed by atoms with Crippen LogP contribution in [0.1, 0.15) is 24.8 Å². The summed E-state index contributed by atoms with van der Waals surface area (Å²) < 4.78 is 10.5. The first kappa shape index (κ1) is 16.1. The summed E-state index contributed by atoms with van der Waals surface area (Å²) in [5, 5.41) is 9.22. The van der Waals surface area contributed by atoms with Crippen molar-refractivity contribution >= 4 is 18.4 Å². The van der Waals surface area contributed by atoms with E-state index in [4.69, 9.17) is 9.47 Å². The average Bonchev–Trinajstić information content (AvgIpc) is 2.53. The van der Waals surface area contributed by atoms with E-state index in [1.807, 2.05) is 0 Å². The zero-order valence-electron chi connectivity index (χ0n) is 12.5. The predicted octanol–water partition coefficient (Wildman–Crippen LogP) is 2.47. The average molecular weight is 307 g/mol. The number of hydrogen-bond donors (Lipinski definition) is 1. The van der Waals surface area contributed by atoms with Gasteiger partial charge in [-0.15, -0.1) is 12.6 Å². The molecule has 2 heterocycles. The monoisotopic (exact) mass is 307 g/mol. The van der Waals surface area contributed by atoms with Crippen LogP contribution < -0.4 is 4.90 Å². The molecule has 1 saturated heterocycles. The minimum atomic E-state index is -0.127. The second-order valence-electron chi connectivity index (χ2n) is 5.24. The van der Waals surface area contributed by atoms with Gasteiger partial charge in [-0.3, -0.25) is 0 Å². The van der Waals surface area contributed by atoms with Gasteiger partial charge in [-0.2, -0.15) is 5.26 Å².